The number of hydrogen-bond acceptors (Lipinski definition) is 4. The number of methoxy groups -OCH3 is 1. The highest BCUT2D eigenvalue weighted by molar-refractivity contribution is 8.13. The van der Waals surface area contributed by atoms with Gasteiger partial charge < -0.3 is 10.1 Å². The molecule has 0 spiro atoms. The minimum Gasteiger partial charge on any atom is -0.385 e. The average Bonchev–Trinajstić information content (AvgIpc) is 2.34. The lowest BCUT2D eigenvalue weighted by Crippen LogP contribution is -2.34. The molecule has 9 heteroatoms. The molecule has 5 nitrogen and oxygen atoms in total. The zero-order chi connectivity index (χ0) is 16.2. The van der Waals surface area contributed by atoms with E-state index in [4.69, 9.17) is 27.0 Å². The number of nitrogens with one attached hydrogen (secondary N) is 1. The Bertz CT molecular complexity index is 636. The first kappa shape index (κ1) is 18.2. The number of benzene rings is 1. The lowest BCUT2D eigenvalue weighted by atomic mass is 10.1. The second kappa shape index (κ2) is 7.40. The molecular formula is C12H14Cl2FNO4S. The zero-order valence-corrected chi connectivity index (χ0v) is 13.6. The number of hydrogen-bond donors (Lipinski definition) is 1. The summed E-state index contributed by atoms with van der Waals surface area (Å²) in [6, 6.07) is 1.28. The molecule has 1 amide bonds. The smallest absolute Gasteiger partial charge is 0.262 e. The fraction of sp³-hybridized carbons (Fsp3) is 0.417. The van der Waals surface area contributed by atoms with Crippen LogP contribution in [0.3, 0.4) is 0 Å². The Labute approximate surface area is 131 Å². The van der Waals surface area contributed by atoms with Crippen molar-refractivity contribution < 1.29 is 22.3 Å². The summed E-state index contributed by atoms with van der Waals surface area (Å²) in [6.07, 6.45) is 0.526. The van der Waals surface area contributed by atoms with Crippen LogP contribution in [0.5, 0.6) is 0 Å². The molecule has 0 aliphatic heterocycles. The summed E-state index contributed by atoms with van der Waals surface area (Å²) in [7, 11) is 2.53. The van der Waals surface area contributed by atoms with E-state index in [9.17, 15) is 17.6 Å². The topological polar surface area (TPSA) is 72.5 Å². The fourth-order valence-corrected chi connectivity index (χ4v) is 3.07. The Morgan fingerprint density at radius 1 is 1.48 bits per heavy atom. The number of ether oxygens (including phenoxy) is 1. The van der Waals surface area contributed by atoms with Crippen LogP contribution in [0.2, 0.25) is 5.02 Å². The van der Waals surface area contributed by atoms with Gasteiger partial charge in [0.25, 0.3) is 15.0 Å². The molecule has 0 aromatic heterocycles. The Balaban J connectivity index is 3.05. The highest BCUT2D eigenvalue weighted by atomic mass is 35.7. The molecule has 21 heavy (non-hydrogen) atoms. The molecule has 0 aliphatic rings. The van der Waals surface area contributed by atoms with Gasteiger partial charge in [0.05, 0.1) is 10.6 Å². The average molecular weight is 358 g/mol. The highest BCUT2D eigenvalue weighted by Crippen LogP contribution is 2.27. The van der Waals surface area contributed by atoms with Gasteiger partial charge in [-0.2, -0.15) is 0 Å². The minimum absolute atomic E-state index is 0.274. The van der Waals surface area contributed by atoms with Crippen LogP contribution in [-0.4, -0.2) is 34.1 Å². The van der Waals surface area contributed by atoms with E-state index in [-0.39, 0.29) is 11.1 Å². The molecule has 0 bridgehead atoms. The van der Waals surface area contributed by atoms with E-state index in [2.05, 4.69) is 5.32 Å². The molecule has 0 heterocycles. The number of rotatable bonds is 6. The predicted octanol–water partition coefficient (Wildman–Crippen LogP) is 2.56. The summed E-state index contributed by atoms with van der Waals surface area (Å²) >= 11 is 5.61. The maximum atomic E-state index is 13.8. The predicted molar refractivity (Wildman–Crippen MR) is 77.9 cm³/mol. The van der Waals surface area contributed by atoms with E-state index >= 15 is 0 Å². The summed E-state index contributed by atoms with van der Waals surface area (Å²) in [5, 5.41) is 2.15. The van der Waals surface area contributed by atoms with Gasteiger partial charge in [-0.15, -0.1) is 0 Å². The van der Waals surface area contributed by atoms with Crippen molar-refractivity contribution in [1.29, 1.82) is 0 Å². The molecular weight excluding hydrogens is 344 g/mol. The SMILES string of the molecule is COCCC(C)NC(=O)c1cc(S(=O)(=O)Cl)c(Cl)cc1F. The third-order valence-corrected chi connectivity index (χ3v) is 4.45. The van der Waals surface area contributed by atoms with Crippen LogP contribution in [0, 0.1) is 5.82 Å². The number of amides is 1. The summed E-state index contributed by atoms with van der Waals surface area (Å²) in [6.45, 7) is 2.13. The first-order chi connectivity index (χ1) is 9.66. The number of carbonyl (C=O) groups is 1. The van der Waals surface area contributed by atoms with Crippen LogP contribution >= 0.6 is 22.3 Å². The number of carbonyl (C=O) groups excluding carboxylic acids is 1. The fourth-order valence-electron chi connectivity index (χ4n) is 1.56. The Morgan fingerprint density at radius 2 is 2.10 bits per heavy atom. The van der Waals surface area contributed by atoms with Crippen molar-refractivity contribution in [3.8, 4) is 0 Å². The van der Waals surface area contributed by atoms with Gasteiger partial charge in [0.2, 0.25) is 0 Å². The molecule has 1 N–H and O–H groups in total. The normalized spacial score (nSPS) is 13.0. The third-order valence-electron chi connectivity index (χ3n) is 2.66. The second-order valence-electron chi connectivity index (χ2n) is 4.36. The van der Waals surface area contributed by atoms with Crippen LogP contribution in [0.25, 0.3) is 0 Å². The monoisotopic (exact) mass is 357 g/mol. The number of halogens is 3. The largest absolute Gasteiger partial charge is 0.385 e. The second-order valence-corrected chi connectivity index (χ2v) is 7.30. The standard InChI is InChI=1S/C12H14Cl2FNO4S/c1-7(3-4-20-2)16-12(17)8-5-11(21(14,18)19)9(13)6-10(8)15/h5-7H,3-4H2,1-2H3,(H,16,17). The van der Waals surface area contributed by atoms with Crippen molar-refractivity contribution in [3.05, 3.63) is 28.5 Å². The summed E-state index contributed by atoms with van der Waals surface area (Å²) in [4.78, 5) is 11.4. The molecule has 0 saturated carbocycles. The van der Waals surface area contributed by atoms with Crippen LogP contribution in [0.1, 0.15) is 23.7 Å². The van der Waals surface area contributed by atoms with Crippen molar-refractivity contribution in [2.45, 2.75) is 24.3 Å². The molecule has 1 aromatic carbocycles. The van der Waals surface area contributed by atoms with Gasteiger partial charge in [-0.3, -0.25) is 4.79 Å². The zero-order valence-electron chi connectivity index (χ0n) is 11.3. The molecule has 1 aromatic rings. The van der Waals surface area contributed by atoms with Crippen LogP contribution in [0.15, 0.2) is 17.0 Å². The van der Waals surface area contributed by atoms with E-state index < -0.39 is 31.2 Å². The quantitative estimate of drug-likeness (QED) is 0.794. The molecule has 0 fully saturated rings. The Morgan fingerprint density at radius 3 is 2.62 bits per heavy atom. The van der Waals surface area contributed by atoms with E-state index in [1.165, 1.54) is 7.11 Å². The molecule has 1 atom stereocenters. The van der Waals surface area contributed by atoms with Crippen molar-refractivity contribution in [1.82, 2.24) is 5.32 Å². The lowest BCUT2D eigenvalue weighted by Gasteiger charge is -2.14. The van der Waals surface area contributed by atoms with E-state index in [1.54, 1.807) is 6.92 Å². The van der Waals surface area contributed by atoms with Gasteiger partial charge in [-0.1, -0.05) is 11.6 Å². The van der Waals surface area contributed by atoms with Crippen LogP contribution in [0.4, 0.5) is 4.39 Å². The van der Waals surface area contributed by atoms with Gasteiger partial charge in [0.1, 0.15) is 10.7 Å². The molecule has 1 unspecified atom stereocenters. The van der Waals surface area contributed by atoms with Gasteiger partial charge in [-0.25, -0.2) is 12.8 Å². The van der Waals surface area contributed by atoms with Crippen LogP contribution in [-0.2, 0) is 13.8 Å². The third kappa shape index (κ3) is 5.10. The van der Waals surface area contributed by atoms with Crippen molar-refractivity contribution >= 4 is 37.2 Å². The lowest BCUT2D eigenvalue weighted by molar-refractivity contribution is 0.0925. The molecule has 1 rings (SSSR count). The Hall–Kier alpha value is -0.890. The Kier molecular flexibility index (Phi) is 6.40. The maximum absolute atomic E-state index is 13.8. The highest BCUT2D eigenvalue weighted by Gasteiger charge is 2.22. The van der Waals surface area contributed by atoms with E-state index in [1.807, 2.05) is 0 Å². The molecule has 0 radical (unpaired) electrons. The van der Waals surface area contributed by atoms with Gasteiger partial charge in [0, 0.05) is 30.4 Å². The summed E-state index contributed by atoms with van der Waals surface area (Å²) in [5.41, 5.74) is -0.442. The van der Waals surface area contributed by atoms with E-state index in [0.717, 1.165) is 12.1 Å². The van der Waals surface area contributed by atoms with Crippen molar-refractivity contribution in [2.24, 2.45) is 0 Å². The van der Waals surface area contributed by atoms with Gasteiger partial charge in [-0.05, 0) is 25.5 Å². The van der Waals surface area contributed by atoms with E-state index in [0.29, 0.717) is 13.0 Å². The molecule has 0 saturated heterocycles. The maximum Gasteiger partial charge on any atom is 0.262 e. The van der Waals surface area contributed by atoms with Crippen molar-refractivity contribution in [3.63, 3.8) is 0 Å². The van der Waals surface area contributed by atoms with Gasteiger partial charge in [0.15, 0.2) is 0 Å². The molecule has 0 aliphatic carbocycles. The first-order valence-electron chi connectivity index (χ1n) is 5.90. The van der Waals surface area contributed by atoms with Gasteiger partial charge >= 0.3 is 0 Å². The summed E-state index contributed by atoms with van der Waals surface area (Å²) in [5.74, 6) is -1.69. The van der Waals surface area contributed by atoms with Crippen molar-refractivity contribution in [2.75, 3.05) is 13.7 Å². The minimum atomic E-state index is -4.18. The molecule has 118 valence electrons. The van der Waals surface area contributed by atoms with Crippen LogP contribution < -0.4 is 5.32 Å². The summed E-state index contributed by atoms with van der Waals surface area (Å²) < 4.78 is 41.3. The first-order valence-corrected chi connectivity index (χ1v) is 8.59.